The minimum atomic E-state index is -0.181. The van der Waals surface area contributed by atoms with Crippen molar-refractivity contribution < 1.29 is 4.74 Å². The van der Waals surface area contributed by atoms with E-state index in [0.717, 1.165) is 36.3 Å². The number of rotatable bonds is 5. The average molecular weight is 343 g/mol. The molecule has 1 aliphatic heterocycles. The van der Waals surface area contributed by atoms with Gasteiger partial charge in [0.25, 0.3) is 0 Å². The van der Waals surface area contributed by atoms with Crippen molar-refractivity contribution in [2.75, 3.05) is 31.2 Å². The van der Waals surface area contributed by atoms with E-state index in [1.807, 2.05) is 19.1 Å². The molecule has 0 bridgehead atoms. The predicted molar refractivity (Wildman–Crippen MR) is 94.7 cm³/mol. The number of ether oxygens (including phenoxy) is 1. The summed E-state index contributed by atoms with van der Waals surface area (Å²) in [5, 5.41) is 18.5. The number of nitriles is 1. The molecule has 1 fully saturated rings. The van der Waals surface area contributed by atoms with Crippen LogP contribution >= 0.6 is 11.8 Å². The molecule has 0 N–H and O–H groups in total. The van der Waals surface area contributed by atoms with Crippen molar-refractivity contribution in [2.24, 2.45) is 0 Å². The van der Waals surface area contributed by atoms with Gasteiger partial charge in [-0.2, -0.15) is 5.26 Å². The maximum atomic E-state index is 9.16. The molecule has 1 saturated heterocycles. The number of hydrogen-bond donors (Lipinski definition) is 0. The van der Waals surface area contributed by atoms with E-state index in [4.69, 9.17) is 10.00 Å². The van der Waals surface area contributed by atoms with E-state index in [-0.39, 0.29) is 5.25 Å². The number of aryl methyl sites for hydroxylation is 1. The minimum absolute atomic E-state index is 0.181. The fraction of sp³-hybridized carbons (Fsp3) is 0.471. The lowest BCUT2D eigenvalue weighted by atomic mass is 10.1. The summed E-state index contributed by atoms with van der Waals surface area (Å²) >= 11 is 1.44. The Morgan fingerprint density at radius 3 is 2.75 bits per heavy atom. The number of nitrogens with zero attached hydrogens (tertiary/aromatic N) is 5. The number of thioether (sulfide) groups is 1. The highest BCUT2D eigenvalue weighted by atomic mass is 32.2. The van der Waals surface area contributed by atoms with Crippen LogP contribution in [0.15, 0.2) is 29.4 Å². The summed E-state index contributed by atoms with van der Waals surface area (Å²) in [7, 11) is 0. The first-order valence-corrected chi connectivity index (χ1v) is 9.05. The first-order chi connectivity index (χ1) is 11.7. The topological polar surface area (TPSA) is 67.0 Å². The molecule has 6 nitrogen and oxygen atoms in total. The Labute approximate surface area is 146 Å². The third kappa shape index (κ3) is 3.40. The molecule has 3 rings (SSSR count). The summed E-state index contributed by atoms with van der Waals surface area (Å²) in [6.45, 7) is 7.00. The van der Waals surface area contributed by atoms with E-state index >= 15 is 0 Å². The van der Waals surface area contributed by atoms with Gasteiger partial charge in [0.15, 0.2) is 5.16 Å². The Balaban J connectivity index is 2.08. The second-order valence-corrected chi connectivity index (χ2v) is 6.90. The average Bonchev–Trinajstić information content (AvgIpc) is 3.05. The Morgan fingerprint density at radius 2 is 2.04 bits per heavy atom. The molecule has 0 aliphatic carbocycles. The molecule has 0 spiro atoms. The zero-order chi connectivity index (χ0) is 16.9. The zero-order valence-electron chi connectivity index (χ0n) is 14.0. The van der Waals surface area contributed by atoms with E-state index in [9.17, 15) is 0 Å². The largest absolute Gasteiger partial charge is 0.378 e. The SMILES string of the molecule is CCc1ccccc1-n1c(S[C@H](C)C#N)nnc1N1CCOCC1. The van der Waals surface area contributed by atoms with E-state index in [2.05, 4.69) is 44.8 Å². The number of morpholine rings is 1. The van der Waals surface area contributed by atoms with Gasteiger partial charge in [-0.15, -0.1) is 10.2 Å². The van der Waals surface area contributed by atoms with E-state index in [1.165, 1.54) is 17.3 Å². The van der Waals surface area contributed by atoms with Crippen LogP contribution in [0.4, 0.5) is 5.95 Å². The highest BCUT2D eigenvalue weighted by molar-refractivity contribution is 8.00. The number of aromatic nitrogens is 3. The van der Waals surface area contributed by atoms with Crippen molar-refractivity contribution in [2.45, 2.75) is 30.7 Å². The molecule has 1 aromatic carbocycles. The highest BCUT2D eigenvalue weighted by Crippen LogP contribution is 2.31. The van der Waals surface area contributed by atoms with Gasteiger partial charge in [0.1, 0.15) is 0 Å². The third-order valence-electron chi connectivity index (χ3n) is 3.99. The van der Waals surface area contributed by atoms with Gasteiger partial charge in [-0.05, 0) is 25.0 Å². The third-order valence-corrected chi connectivity index (χ3v) is 4.92. The van der Waals surface area contributed by atoms with Gasteiger partial charge in [0.05, 0.1) is 30.2 Å². The van der Waals surface area contributed by atoms with Crippen LogP contribution in [0.3, 0.4) is 0 Å². The van der Waals surface area contributed by atoms with Crippen molar-refractivity contribution in [1.29, 1.82) is 5.26 Å². The summed E-state index contributed by atoms with van der Waals surface area (Å²) in [5.41, 5.74) is 2.32. The maximum Gasteiger partial charge on any atom is 0.232 e. The van der Waals surface area contributed by atoms with E-state index in [1.54, 1.807) is 0 Å². The summed E-state index contributed by atoms with van der Waals surface area (Å²) in [5.74, 6) is 0.826. The molecule has 2 heterocycles. The van der Waals surface area contributed by atoms with E-state index in [0.29, 0.717) is 13.2 Å². The molecular formula is C17H21N5OS. The van der Waals surface area contributed by atoms with Gasteiger partial charge < -0.3 is 9.64 Å². The lowest BCUT2D eigenvalue weighted by Gasteiger charge is -2.28. The molecule has 2 aromatic rings. The molecule has 7 heteroatoms. The Morgan fingerprint density at radius 1 is 1.29 bits per heavy atom. The molecule has 1 aliphatic rings. The quantitative estimate of drug-likeness (QED) is 0.778. The van der Waals surface area contributed by atoms with Gasteiger partial charge in [-0.3, -0.25) is 4.57 Å². The van der Waals surface area contributed by atoms with Gasteiger partial charge in [0, 0.05) is 13.1 Å². The van der Waals surface area contributed by atoms with Gasteiger partial charge in [0.2, 0.25) is 5.95 Å². The van der Waals surface area contributed by atoms with Crippen molar-refractivity contribution in [3.63, 3.8) is 0 Å². The molecule has 24 heavy (non-hydrogen) atoms. The summed E-state index contributed by atoms with van der Waals surface area (Å²) in [4.78, 5) is 2.20. The number of para-hydroxylation sites is 1. The fourth-order valence-corrected chi connectivity index (χ4v) is 3.47. The molecular weight excluding hydrogens is 322 g/mol. The first-order valence-electron chi connectivity index (χ1n) is 8.17. The van der Waals surface area contributed by atoms with Gasteiger partial charge >= 0.3 is 0 Å². The lowest BCUT2D eigenvalue weighted by molar-refractivity contribution is 0.122. The molecule has 1 atom stereocenters. The molecule has 0 saturated carbocycles. The number of anilines is 1. The monoisotopic (exact) mass is 343 g/mol. The lowest BCUT2D eigenvalue weighted by Crippen LogP contribution is -2.38. The minimum Gasteiger partial charge on any atom is -0.378 e. The second-order valence-electron chi connectivity index (χ2n) is 5.59. The number of hydrogen-bond acceptors (Lipinski definition) is 6. The number of benzene rings is 1. The molecule has 0 unspecified atom stereocenters. The van der Waals surface area contributed by atoms with Crippen LogP contribution < -0.4 is 4.90 Å². The molecule has 1 aromatic heterocycles. The maximum absolute atomic E-state index is 9.16. The van der Waals surface area contributed by atoms with Crippen LogP contribution in [-0.2, 0) is 11.2 Å². The van der Waals surface area contributed by atoms with Crippen molar-refractivity contribution in [3.8, 4) is 11.8 Å². The fourth-order valence-electron chi connectivity index (χ4n) is 2.73. The second kappa shape index (κ2) is 7.69. The van der Waals surface area contributed by atoms with Crippen LogP contribution in [0.25, 0.3) is 5.69 Å². The van der Waals surface area contributed by atoms with Crippen LogP contribution in [0, 0.1) is 11.3 Å². The van der Waals surface area contributed by atoms with Crippen LogP contribution in [-0.4, -0.2) is 46.3 Å². The normalized spacial score (nSPS) is 16.0. The standard InChI is InChI=1S/C17H21N5OS/c1-3-14-6-4-5-7-15(14)22-16(21-8-10-23-11-9-21)19-20-17(22)24-13(2)12-18/h4-7,13H,3,8-11H2,1-2H3/t13-/m1/s1. The molecule has 0 amide bonds. The predicted octanol–water partition coefficient (Wildman–Crippen LogP) is 2.67. The van der Waals surface area contributed by atoms with Crippen molar-refractivity contribution >= 4 is 17.7 Å². The highest BCUT2D eigenvalue weighted by Gasteiger charge is 2.23. The Kier molecular flexibility index (Phi) is 5.38. The van der Waals surface area contributed by atoms with Crippen molar-refractivity contribution in [1.82, 2.24) is 14.8 Å². The van der Waals surface area contributed by atoms with Gasteiger partial charge in [-0.25, -0.2) is 0 Å². The van der Waals surface area contributed by atoms with Crippen LogP contribution in [0.1, 0.15) is 19.4 Å². The van der Waals surface area contributed by atoms with E-state index < -0.39 is 0 Å². The van der Waals surface area contributed by atoms with Crippen LogP contribution in [0.5, 0.6) is 0 Å². The molecule has 126 valence electrons. The Hall–Kier alpha value is -2.04. The smallest absolute Gasteiger partial charge is 0.232 e. The first kappa shape index (κ1) is 16.8. The van der Waals surface area contributed by atoms with Gasteiger partial charge in [-0.1, -0.05) is 36.9 Å². The van der Waals surface area contributed by atoms with Crippen molar-refractivity contribution in [3.05, 3.63) is 29.8 Å². The summed E-state index contributed by atoms with van der Waals surface area (Å²) in [6.07, 6.45) is 0.925. The Bertz CT molecular complexity index is 733. The molecule has 0 radical (unpaired) electrons. The van der Waals surface area contributed by atoms with Crippen LogP contribution in [0.2, 0.25) is 0 Å². The zero-order valence-corrected chi connectivity index (χ0v) is 14.8. The summed E-state index contributed by atoms with van der Waals surface area (Å²) in [6, 6.07) is 10.5. The summed E-state index contributed by atoms with van der Waals surface area (Å²) < 4.78 is 7.54.